The van der Waals surface area contributed by atoms with Crippen molar-refractivity contribution in [2.45, 2.75) is 35.5 Å². The van der Waals surface area contributed by atoms with Crippen LogP contribution in [0.3, 0.4) is 0 Å². The fourth-order valence-corrected chi connectivity index (χ4v) is 8.07. The maximum Gasteiger partial charge on any atom is 0.339 e. The van der Waals surface area contributed by atoms with E-state index in [0.29, 0.717) is 48.1 Å². The number of hydrogen-bond acceptors (Lipinski definition) is 8. The summed E-state index contributed by atoms with van der Waals surface area (Å²) >= 11 is 0. The van der Waals surface area contributed by atoms with Gasteiger partial charge in [0.1, 0.15) is 21.3 Å². The Labute approximate surface area is 313 Å². The van der Waals surface area contributed by atoms with Crippen molar-refractivity contribution < 1.29 is 34.8 Å². The summed E-state index contributed by atoms with van der Waals surface area (Å²) < 4.78 is 63.1. The lowest BCUT2D eigenvalue weighted by molar-refractivity contribution is 0.250. The van der Waals surface area contributed by atoms with Gasteiger partial charge in [-0.3, -0.25) is 0 Å². The van der Waals surface area contributed by atoms with Crippen LogP contribution in [-0.2, 0) is 20.2 Å². The van der Waals surface area contributed by atoms with Crippen molar-refractivity contribution >= 4 is 65.2 Å². The molecule has 14 heteroatoms. The second-order valence-electron chi connectivity index (χ2n) is 12.3. The van der Waals surface area contributed by atoms with Crippen molar-refractivity contribution in [3.05, 3.63) is 133 Å². The first-order valence-electron chi connectivity index (χ1n) is 17.2. The molecule has 0 saturated carbocycles. The molecule has 54 heavy (non-hydrogen) atoms. The molecule has 0 spiro atoms. The summed E-state index contributed by atoms with van der Waals surface area (Å²) in [6.45, 7) is 0.833. The summed E-state index contributed by atoms with van der Waals surface area (Å²) in [7, 11) is -8.26. The van der Waals surface area contributed by atoms with Gasteiger partial charge in [0.25, 0.3) is 0 Å². The van der Waals surface area contributed by atoms with Crippen LogP contribution < -0.4 is 29.6 Å². The smallest absolute Gasteiger partial charge is 0.339 e. The first kappa shape index (κ1) is 37.6. The number of benzene rings is 6. The highest BCUT2D eigenvalue weighted by atomic mass is 32.2. The van der Waals surface area contributed by atoms with E-state index in [1.165, 1.54) is 36.4 Å². The molecule has 0 radical (unpaired) electrons. The number of urea groups is 2. The Morgan fingerprint density at radius 2 is 0.852 bits per heavy atom. The third kappa shape index (κ3) is 9.85. The zero-order chi connectivity index (χ0) is 38.0. The van der Waals surface area contributed by atoms with Crippen LogP contribution in [0.4, 0.5) is 21.0 Å². The minimum absolute atomic E-state index is 0.0533. The Kier molecular flexibility index (Phi) is 11.9. The fraction of sp³-hybridized carbons (Fsp3) is 0.150. The molecule has 278 valence electrons. The molecular formula is C40H38N4O8S2. The van der Waals surface area contributed by atoms with Crippen molar-refractivity contribution in [1.82, 2.24) is 10.6 Å². The predicted octanol–water partition coefficient (Wildman–Crippen LogP) is 8.03. The molecule has 0 atom stereocenters. The number of unbranched alkanes of at least 4 members (excludes halogenated alkanes) is 3. The molecule has 6 rings (SSSR count). The van der Waals surface area contributed by atoms with E-state index in [-0.39, 0.29) is 21.3 Å². The van der Waals surface area contributed by atoms with Gasteiger partial charge in [0.15, 0.2) is 0 Å². The van der Waals surface area contributed by atoms with E-state index in [2.05, 4.69) is 21.3 Å². The zero-order valence-corrected chi connectivity index (χ0v) is 30.7. The van der Waals surface area contributed by atoms with E-state index in [0.717, 1.165) is 23.6 Å². The van der Waals surface area contributed by atoms with Crippen molar-refractivity contribution in [3.63, 3.8) is 0 Å². The average Bonchev–Trinajstić information content (AvgIpc) is 3.15. The van der Waals surface area contributed by atoms with Gasteiger partial charge < -0.3 is 29.6 Å². The first-order valence-corrected chi connectivity index (χ1v) is 20.0. The summed E-state index contributed by atoms with van der Waals surface area (Å²) in [4.78, 5) is 25.0. The predicted molar refractivity (Wildman–Crippen MR) is 209 cm³/mol. The Bertz CT molecular complexity index is 2320. The molecule has 0 aliphatic carbocycles. The van der Waals surface area contributed by atoms with Crippen LogP contribution >= 0.6 is 0 Å². The molecule has 0 aliphatic rings. The standard InChI is InChI=1S/C40H38N4O8S2/c45-39(43-31-17-11-19-33(27-31)51-53(47,48)37-23-9-15-29-13-3-5-21-35(29)37)41-25-7-1-2-8-26-42-40(46)44-32-18-12-20-34(28-32)52-54(49,50)38-24-10-16-30-14-4-6-22-36(30)38/h3-6,9-24,27-28H,1-2,7-8,25-26H2,(H2,41,43,45)(H2,42,44,46). The van der Waals surface area contributed by atoms with Crippen LogP contribution in [-0.4, -0.2) is 42.0 Å². The maximum atomic E-state index is 13.1. The van der Waals surface area contributed by atoms with Crippen molar-refractivity contribution in [1.29, 1.82) is 0 Å². The van der Waals surface area contributed by atoms with E-state index in [1.807, 2.05) is 36.4 Å². The molecule has 12 nitrogen and oxygen atoms in total. The largest absolute Gasteiger partial charge is 0.379 e. The van der Waals surface area contributed by atoms with E-state index < -0.39 is 32.3 Å². The molecule has 0 unspecified atom stereocenters. The number of fused-ring (bicyclic) bond motifs is 2. The minimum atomic E-state index is -4.13. The van der Waals surface area contributed by atoms with Gasteiger partial charge in [0.2, 0.25) is 0 Å². The lowest BCUT2D eigenvalue weighted by Crippen LogP contribution is -2.30. The highest BCUT2D eigenvalue weighted by Crippen LogP contribution is 2.29. The van der Waals surface area contributed by atoms with Crippen LogP contribution in [0.5, 0.6) is 11.5 Å². The quantitative estimate of drug-likeness (QED) is 0.0602. The van der Waals surface area contributed by atoms with E-state index in [9.17, 15) is 26.4 Å². The van der Waals surface area contributed by atoms with Crippen LogP contribution in [0.2, 0.25) is 0 Å². The number of hydrogen-bond donors (Lipinski definition) is 4. The van der Waals surface area contributed by atoms with Gasteiger partial charge in [-0.15, -0.1) is 0 Å². The second-order valence-corrected chi connectivity index (χ2v) is 15.3. The summed E-state index contributed by atoms with van der Waals surface area (Å²) in [6, 6.07) is 35.6. The Morgan fingerprint density at radius 1 is 0.463 bits per heavy atom. The summed E-state index contributed by atoms with van der Waals surface area (Å²) in [5, 5.41) is 13.6. The Hall–Kier alpha value is -6.12. The number of anilines is 2. The van der Waals surface area contributed by atoms with Crippen LogP contribution in [0.1, 0.15) is 25.7 Å². The topological polar surface area (TPSA) is 169 Å². The van der Waals surface area contributed by atoms with Gasteiger partial charge >= 0.3 is 32.3 Å². The normalized spacial score (nSPS) is 11.5. The third-order valence-corrected chi connectivity index (χ3v) is 10.9. The maximum absolute atomic E-state index is 13.1. The monoisotopic (exact) mass is 766 g/mol. The van der Waals surface area contributed by atoms with Gasteiger partial charge in [0.05, 0.1) is 0 Å². The molecule has 0 aliphatic heterocycles. The van der Waals surface area contributed by atoms with E-state index >= 15 is 0 Å². The zero-order valence-electron chi connectivity index (χ0n) is 29.0. The lowest BCUT2D eigenvalue weighted by Gasteiger charge is -2.12. The molecular weight excluding hydrogens is 729 g/mol. The molecule has 0 heterocycles. The molecule has 4 amide bonds. The fourth-order valence-electron chi connectivity index (χ4n) is 5.78. The van der Waals surface area contributed by atoms with Crippen LogP contribution in [0, 0.1) is 0 Å². The number of carbonyl (C=O) groups is 2. The molecule has 6 aromatic carbocycles. The molecule has 0 fully saturated rings. The van der Waals surface area contributed by atoms with Gasteiger partial charge in [-0.25, -0.2) is 9.59 Å². The van der Waals surface area contributed by atoms with Crippen LogP contribution in [0.15, 0.2) is 143 Å². The SMILES string of the molecule is O=C(NCCCCCCNC(=O)Nc1cccc(OS(=O)(=O)c2cccc3ccccc23)c1)Nc1cccc(OS(=O)(=O)c2cccc3ccccc23)c1. The van der Waals surface area contributed by atoms with E-state index in [4.69, 9.17) is 8.37 Å². The first-order chi connectivity index (χ1) is 26.1. The molecule has 0 saturated heterocycles. The van der Waals surface area contributed by atoms with Crippen molar-refractivity contribution in [2.24, 2.45) is 0 Å². The third-order valence-electron chi connectivity index (χ3n) is 8.31. The summed E-state index contributed by atoms with van der Waals surface area (Å²) in [5.74, 6) is 0.127. The van der Waals surface area contributed by atoms with Gasteiger partial charge in [0, 0.05) is 47.4 Å². The molecule has 0 aromatic heterocycles. The van der Waals surface area contributed by atoms with Crippen molar-refractivity contribution in [3.8, 4) is 11.5 Å². The Morgan fingerprint density at radius 3 is 1.30 bits per heavy atom. The van der Waals surface area contributed by atoms with Gasteiger partial charge in [-0.1, -0.05) is 97.8 Å². The Balaban J connectivity index is 0.873. The van der Waals surface area contributed by atoms with Crippen molar-refractivity contribution in [2.75, 3.05) is 23.7 Å². The van der Waals surface area contributed by atoms with Crippen LogP contribution in [0.25, 0.3) is 21.5 Å². The molecule has 6 aromatic rings. The average molecular weight is 767 g/mol. The van der Waals surface area contributed by atoms with Gasteiger partial charge in [-0.2, -0.15) is 16.8 Å². The number of rotatable bonds is 15. The number of amides is 4. The van der Waals surface area contributed by atoms with Gasteiger partial charge in [-0.05, 0) is 60.0 Å². The number of nitrogens with one attached hydrogen (secondary N) is 4. The summed E-state index contributed by atoms with van der Waals surface area (Å²) in [6.07, 6.45) is 3.04. The number of carbonyl (C=O) groups excluding carboxylic acids is 2. The second kappa shape index (κ2) is 17.1. The minimum Gasteiger partial charge on any atom is -0.379 e. The molecule has 0 bridgehead atoms. The highest BCUT2D eigenvalue weighted by molar-refractivity contribution is 7.87. The lowest BCUT2D eigenvalue weighted by atomic mass is 10.1. The summed E-state index contributed by atoms with van der Waals surface area (Å²) in [5.41, 5.74) is 0.736. The molecule has 4 N–H and O–H groups in total. The van der Waals surface area contributed by atoms with E-state index in [1.54, 1.807) is 60.7 Å². The highest BCUT2D eigenvalue weighted by Gasteiger charge is 2.21.